The number of aromatic nitrogens is 1. The van der Waals surface area contributed by atoms with Crippen LogP contribution in [0.4, 0.5) is 5.69 Å². The average molecular weight is 441 g/mol. The highest BCUT2D eigenvalue weighted by molar-refractivity contribution is 7.94. The highest BCUT2D eigenvalue weighted by Gasteiger charge is 2.18. The maximum atomic E-state index is 12.4. The molecule has 0 spiro atoms. The van der Waals surface area contributed by atoms with Crippen molar-refractivity contribution < 1.29 is 8.42 Å². The number of hydrogen-bond donors (Lipinski definition) is 1. The molecular formula is C17H10Cl2N2O2S3. The molecule has 0 bridgehead atoms. The zero-order valence-electron chi connectivity index (χ0n) is 12.9. The van der Waals surface area contributed by atoms with Crippen molar-refractivity contribution in [2.24, 2.45) is 0 Å². The SMILES string of the molecule is O=S(=O)(Nc1ccc(-c2nc3ccccc3s2)c(Cl)c1)c1ccc(Cl)s1. The Hall–Kier alpha value is -1.64. The van der Waals surface area contributed by atoms with Gasteiger partial charge in [-0.15, -0.1) is 22.7 Å². The lowest BCUT2D eigenvalue weighted by molar-refractivity contribution is 0.603. The smallest absolute Gasteiger partial charge is 0.271 e. The van der Waals surface area contributed by atoms with E-state index in [2.05, 4.69) is 9.71 Å². The predicted octanol–water partition coefficient (Wildman–Crippen LogP) is 6.13. The first kappa shape index (κ1) is 17.8. The van der Waals surface area contributed by atoms with E-state index in [-0.39, 0.29) is 4.21 Å². The summed E-state index contributed by atoms with van der Waals surface area (Å²) in [5.74, 6) is 0. The van der Waals surface area contributed by atoms with Gasteiger partial charge in [0.2, 0.25) is 0 Å². The third kappa shape index (κ3) is 3.45. The number of para-hydroxylation sites is 1. The molecule has 0 atom stereocenters. The summed E-state index contributed by atoms with van der Waals surface area (Å²) in [7, 11) is -3.69. The van der Waals surface area contributed by atoms with E-state index in [0.717, 1.165) is 32.1 Å². The van der Waals surface area contributed by atoms with Crippen molar-refractivity contribution in [2.75, 3.05) is 4.72 Å². The fraction of sp³-hybridized carbons (Fsp3) is 0. The van der Waals surface area contributed by atoms with Crippen LogP contribution >= 0.6 is 45.9 Å². The topological polar surface area (TPSA) is 59.1 Å². The molecule has 0 saturated carbocycles. The number of rotatable bonds is 4. The maximum absolute atomic E-state index is 12.4. The second kappa shape index (κ2) is 6.83. The fourth-order valence-electron chi connectivity index (χ4n) is 2.39. The second-order valence-corrected chi connectivity index (χ2v) is 10.4. The number of sulfonamides is 1. The van der Waals surface area contributed by atoms with Gasteiger partial charge in [0.1, 0.15) is 9.22 Å². The summed E-state index contributed by atoms with van der Waals surface area (Å²) < 4.78 is 28.9. The number of thiazole rings is 1. The summed E-state index contributed by atoms with van der Waals surface area (Å²) in [6.45, 7) is 0. The summed E-state index contributed by atoms with van der Waals surface area (Å²) in [6, 6.07) is 15.9. The number of hydrogen-bond acceptors (Lipinski definition) is 5. The highest BCUT2D eigenvalue weighted by atomic mass is 35.5. The number of benzene rings is 2. The van der Waals surface area contributed by atoms with Crippen molar-refractivity contribution in [3.63, 3.8) is 0 Å². The van der Waals surface area contributed by atoms with Gasteiger partial charge in [-0.05, 0) is 42.5 Å². The molecule has 0 amide bonds. The van der Waals surface area contributed by atoms with Crippen molar-refractivity contribution in [3.05, 3.63) is 64.0 Å². The Balaban J connectivity index is 1.65. The summed E-state index contributed by atoms with van der Waals surface area (Å²) in [6.07, 6.45) is 0. The zero-order chi connectivity index (χ0) is 18.3. The Bertz CT molecular complexity index is 1180. The van der Waals surface area contributed by atoms with Gasteiger partial charge >= 0.3 is 0 Å². The van der Waals surface area contributed by atoms with E-state index in [1.54, 1.807) is 24.3 Å². The maximum Gasteiger partial charge on any atom is 0.271 e. The first-order chi connectivity index (χ1) is 12.4. The molecule has 0 saturated heterocycles. The van der Waals surface area contributed by atoms with Crippen LogP contribution in [-0.2, 0) is 10.0 Å². The number of thiophene rings is 1. The van der Waals surface area contributed by atoms with E-state index < -0.39 is 10.0 Å². The Morgan fingerprint density at radius 3 is 2.46 bits per heavy atom. The predicted molar refractivity (Wildman–Crippen MR) is 110 cm³/mol. The molecule has 26 heavy (non-hydrogen) atoms. The van der Waals surface area contributed by atoms with Crippen LogP contribution in [-0.4, -0.2) is 13.4 Å². The molecule has 9 heteroatoms. The summed E-state index contributed by atoms with van der Waals surface area (Å²) in [5.41, 5.74) is 2.04. The molecule has 4 nitrogen and oxygen atoms in total. The summed E-state index contributed by atoms with van der Waals surface area (Å²) in [4.78, 5) is 4.58. The van der Waals surface area contributed by atoms with E-state index in [4.69, 9.17) is 23.2 Å². The van der Waals surface area contributed by atoms with Gasteiger partial charge in [0.05, 0.1) is 25.3 Å². The molecule has 0 aliphatic heterocycles. The van der Waals surface area contributed by atoms with Crippen molar-refractivity contribution >= 4 is 71.8 Å². The monoisotopic (exact) mass is 440 g/mol. The van der Waals surface area contributed by atoms with E-state index in [0.29, 0.717) is 15.0 Å². The van der Waals surface area contributed by atoms with E-state index in [1.807, 2.05) is 24.3 Å². The van der Waals surface area contributed by atoms with Gasteiger partial charge in [-0.1, -0.05) is 35.3 Å². The van der Waals surface area contributed by atoms with Gasteiger partial charge in [0, 0.05) is 5.56 Å². The van der Waals surface area contributed by atoms with Gasteiger partial charge < -0.3 is 0 Å². The number of halogens is 2. The van der Waals surface area contributed by atoms with E-state index in [1.165, 1.54) is 17.4 Å². The quantitative estimate of drug-likeness (QED) is 0.414. The molecule has 1 N–H and O–H groups in total. The van der Waals surface area contributed by atoms with Gasteiger partial charge in [-0.25, -0.2) is 13.4 Å². The first-order valence-electron chi connectivity index (χ1n) is 7.36. The molecule has 4 rings (SSSR count). The van der Waals surface area contributed by atoms with Gasteiger partial charge in [-0.3, -0.25) is 4.72 Å². The summed E-state index contributed by atoms with van der Waals surface area (Å²) >= 11 is 14.7. The molecule has 2 heterocycles. The Labute approximate surface area is 168 Å². The molecule has 0 aliphatic rings. The van der Waals surface area contributed by atoms with Crippen LogP contribution in [0.3, 0.4) is 0 Å². The van der Waals surface area contributed by atoms with Gasteiger partial charge in [0.25, 0.3) is 10.0 Å². The Morgan fingerprint density at radius 2 is 1.77 bits per heavy atom. The zero-order valence-corrected chi connectivity index (χ0v) is 16.9. The molecule has 0 aliphatic carbocycles. The van der Waals surface area contributed by atoms with Gasteiger partial charge in [-0.2, -0.15) is 0 Å². The van der Waals surface area contributed by atoms with Crippen LogP contribution < -0.4 is 4.72 Å². The Morgan fingerprint density at radius 1 is 0.962 bits per heavy atom. The van der Waals surface area contributed by atoms with Crippen LogP contribution in [0.15, 0.2) is 58.8 Å². The van der Waals surface area contributed by atoms with Gasteiger partial charge in [0.15, 0.2) is 0 Å². The fourth-order valence-corrected chi connectivity index (χ4v) is 6.25. The molecule has 0 fully saturated rings. The van der Waals surface area contributed by atoms with E-state index >= 15 is 0 Å². The number of fused-ring (bicyclic) bond motifs is 1. The van der Waals surface area contributed by atoms with Crippen LogP contribution in [0.25, 0.3) is 20.8 Å². The molecule has 2 aromatic heterocycles. The normalized spacial score (nSPS) is 11.8. The van der Waals surface area contributed by atoms with Crippen LogP contribution in [0.5, 0.6) is 0 Å². The lowest BCUT2D eigenvalue weighted by atomic mass is 10.2. The van der Waals surface area contributed by atoms with E-state index in [9.17, 15) is 8.42 Å². The van der Waals surface area contributed by atoms with Crippen LogP contribution in [0, 0.1) is 0 Å². The van der Waals surface area contributed by atoms with Crippen molar-refractivity contribution in [1.29, 1.82) is 0 Å². The largest absolute Gasteiger partial charge is 0.279 e. The molecular weight excluding hydrogens is 431 g/mol. The number of anilines is 1. The minimum atomic E-state index is -3.69. The lowest BCUT2D eigenvalue weighted by Crippen LogP contribution is -2.11. The second-order valence-electron chi connectivity index (χ2n) is 5.35. The minimum absolute atomic E-state index is 0.147. The first-order valence-corrected chi connectivity index (χ1v) is 11.2. The van der Waals surface area contributed by atoms with Crippen LogP contribution in [0.2, 0.25) is 9.36 Å². The van der Waals surface area contributed by atoms with Crippen molar-refractivity contribution in [2.45, 2.75) is 4.21 Å². The molecule has 132 valence electrons. The third-order valence-electron chi connectivity index (χ3n) is 3.56. The standard InChI is InChI=1S/C17H10Cl2N2O2S3/c18-12-9-10(21-26(22,23)16-8-7-15(19)25-16)5-6-11(12)17-20-13-3-1-2-4-14(13)24-17/h1-9,21H. The van der Waals surface area contributed by atoms with Crippen LogP contribution in [0.1, 0.15) is 0 Å². The molecule has 0 unspecified atom stereocenters. The number of nitrogens with one attached hydrogen (secondary N) is 1. The highest BCUT2D eigenvalue weighted by Crippen LogP contribution is 2.36. The third-order valence-corrected chi connectivity index (χ3v) is 8.05. The Kier molecular flexibility index (Phi) is 4.66. The summed E-state index contributed by atoms with van der Waals surface area (Å²) in [5, 5.41) is 1.21. The van der Waals surface area contributed by atoms with Crippen molar-refractivity contribution in [3.8, 4) is 10.6 Å². The minimum Gasteiger partial charge on any atom is -0.279 e. The molecule has 0 radical (unpaired) electrons. The average Bonchev–Trinajstić information content (AvgIpc) is 3.21. The molecule has 2 aromatic carbocycles. The number of nitrogens with zero attached hydrogens (tertiary/aromatic N) is 1. The van der Waals surface area contributed by atoms with Crippen molar-refractivity contribution in [1.82, 2.24) is 4.98 Å². The lowest BCUT2D eigenvalue weighted by Gasteiger charge is -2.08. The molecule has 4 aromatic rings.